The van der Waals surface area contributed by atoms with E-state index >= 15 is 0 Å². The molecule has 5 rings (SSSR count). The van der Waals surface area contributed by atoms with Gasteiger partial charge in [-0.25, -0.2) is 9.78 Å². The smallest absolute Gasteiger partial charge is 0.329 e. The van der Waals surface area contributed by atoms with Gasteiger partial charge in [-0.3, -0.25) is 5.32 Å². The number of nitriles is 1. The number of nitrogens with one attached hydrogen (secondary N) is 2. The van der Waals surface area contributed by atoms with Crippen molar-refractivity contribution in [3.63, 3.8) is 0 Å². The molecule has 11 heteroatoms. The molecule has 1 atom stereocenters. The number of fused-ring (bicyclic) bond motifs is 1. The molecule has 5 heterocycles. The highest BCUT2D eigenvalue weighted by Gasteiger charge is 2.52. The Kier molecular flexibility index (Phi) is 4.02. The van der Waals surface area contributed by atoms with E-state index in [-0.39, 0.29) is 17.6 Å². The molecule has 3 aromatic rings. The van der Waals surface area contributed by atoms with Gasteiger partial charge in [-0.1, -0.05) is 0 Å². The molecule has 1 unspecified atom stereocenters. The molecule has 2 fully saturated rings. The molecule has 2 amide bonds. The maximum atomic E-state index is 12.8. The number of nitrogens with zero attached hydrogens (tertiary/aromatic N) is 6. The van der Waals surface area contributed by atoms with Crippen LogP contribution < -0.4 is 15.0 Å². The molecule has 0 aromatic carbocycles. The molecule has 0 saturated carbocycles. The Morgan fingerprint density at radius 3 is 3.03 bits per heavy atom. The van der Waals surface area contributed by atoms with Gasteiger partial charge in [0.1, 0.15) is 11.7 Å². The van der Waals surface area contributed by atoms with Gasteiger partial charge in [-0.15, -0.1) is 4.37 Å². The van der Waals surface area contributed by atoms with E-state index in [1.807, 2.05) is 17.2 Å². The van der Waals surface area contributed by atoms with Crippen molar-refractivity contribution < 1.29 is 9.53 Å². The number of pyridine rings is 1. The average molecular weight is 410 g/mol. The maximum Gasteiger partial charge on any atom is 0.329 e. The van der Waals surface area contributed by atoms with E-state index in [0.717, 1.165) is 47.6 Å². The lowest BCUT2D eigenvalue weighted by atomic mass is 9.84. The number of aromatic nitrogens is 4. The van der Waals surface area contributed by atoms with Crippen LogP contribution in [0.2, 0.25) is 0 Å². The van der Waals surface area contributed by atoms with Crippen molar-refractivity contribution in [2.75, 3.05) is 37.0 Å². The molecule has 148 valence electrons. The summed E-state index contributed by atoms with van der Waals surface area (Å²) >= 11 is 1.09. The summed E-state index contributed by atoms with van der Waals surface area (Å²) in [6, 6.07) is 4.26. The minimum Gasteiger partial charge on any atom is -0.466 e. The second-order valence-electron chi connectivity index (χ2n) is 7.19. The molecule has 2 saturated heterocycles. The number of anilines is 2. The number of carbonyl (C=O) groups excluding carboxylic acids is 1. The number of carbonyl (C=O) groups is 1. The van der Waals surface area contributed by atoms with Crippen LogP contribution in [0.3, 0.4) is 0 Å². The Morgan fingerprint density at radius 2 is 2.31 bits per heavy atom. The predicted molar refractivity (Wildman–Crippen MR) is 107 cm³/mol. The molecule has 1 spiro atoms. The molecular weight excluding hydrogens is 392 g/mol. The molecule has 2 aliphatic rings. The molecule has 3 aromatic heterocycles. The second kappa shape index (κ2) is 6.59. The normalized spacial score (nSPS) is 20.7. The summed E-state index contributed by atoms with van der Waals surface area (Å²) in [5.74, 6) is 0. The maximum absolute atomic E-state index is 12.8. The predicted octanol–water partition coefficient (Wildman–Crippen LogP) is 2.18. The first-order valence-corrected chi connectivity index (χ1v) is 9.98. The summed E-state index contributed by atoms with van der Waals surface area (Å²) in [6.07, 6.45) is 5.21. The van der Waals surface area contributed by atoms with Gasteiger partial charge in [0.05, 0.1) is 23.9 Å². The lowest BCUT2D eigenvalue weighted by Gasteiger charge is -2.50. The monoisotopic (exact) mass is 410 g/mol. The van der Waals surface area contributed by atoms with E-state index < -0.39 is 0 Å². The summed E-state index contributed by atoms with van der Waals surface area (Å²) in [7, 11) is 1.49. The van der Waals surface area contributed by atoms with E-state index in [0.29, 0.717) is 23.8 Å². The van der Waals surface area contributed by atoms with Gasteiger partial charge in [0, 0.05) is 48.9 Å². The van der Waals surface area contributed by atoms with E-state index in [1.54, 1.807) is 6.20 Å². The summed E-state index contributed by atoms with van der Waals surface area (Å²) in [5.41, 5.74) is 1.95. The topological polar surface area (TPSA) is 123 Å². The van der Waals surface area contributed by atoms with Crippen LogP contribution in [0.1, 0.15) is 18.4 Å². The Labute approximate surface area is 170 Å². The van der Waals surface area contributed by atoms with E-state index in [1.165, 1.54) is 7.11 Å². The highest BCUT2D eigenvalue weighted by Crippen LogP contribution is 2.43. The third-order valence-electron chi connectivity index (χ3n) is 5.75. The molecule has 2 aliphatic heterocycles. The van der Waals surface area contributed by atoms with Gasteiger partial charge < -0.3 is 19.5 Å². The summed E-state index contributed by atoms with van der Waals surface area (Å²) in [4.78, 5) is 28.4. The highest BCUT2D eigenvalue weighted by atomic mass is 32.1. The fourth-order valence-electron chi connectivity index (χ4n) is 4.25. The third-order valence-corrected chi connectivity index (χ3v) is 6.36. The van der Waals surface area contributed by atoms with E-state index in [9.17, 15) is 10.1 Å². The number of ether oxygens (including phenoxy) is 1. The summed E-state index contributed by atoms with van der Waals surface area (Å²) < 4.78 is 8.97. The molecule has 29 heavy (non-hydrogen) atoms. The molecule has 10 nitrogen and oxygen atoms in total. The van der Waals surface area contributed by atoms with Crippen molar-refractivity contribution in [1.82, 2.24) is 24.2 Å². The fourth-order valence-corrected chi connectivity index (χ4v) is 4.78. The van der Waals surface area contributed by atoms with Crippen LogP contribution in [0.5, 0.6) is 6.01 Å². The number of likely N-dealkylation sites (tertiary alicyclic amines) is 1. The first-order chi connectivity index (χ1) is 14.1. The van der Waals surface area contributed by atoms with Gasteiger partial charge in [0.25, 0.3) is 0 Å². The van der Waals surface area contributed by atoms with Gasteiger partial charge >= 0.3 is 12.0 Å². The molecule has 0 aliphatic carbocycles. The second-order valence-corrected chi connectivity index (χ2v) is 7.94. The molecule has 0 radical (unpaired) electrons. The van der Waals surface area contributed by atoms with Gasteiger partial charge in [0.15, 0.2) is 0 Å². The average Bonchev–Trinajstić information content (AvgIpc) is 3.45. The number of hydrogen-bond acceptors (Lipinski definition) is 8. The SMILES string of the molecule is COc1nsc(NC(=O)N2CCC23CCN(c2c(C#N)cnc4[nH]ccc24)C3)n1. The molecular formula is C18H18N8O2S. The first-order valence-electron chi connectivity index (χ1n) is 9.21. The Morgan fingerprint density at radius 1 is 1.45 bits per heavy atom. The zero-order valence-electron chi connectivity index (χ0n) is 15.7. The number of H-pyrrole nitrogens is 1. The van der Waals surface area contributed by atoms with E-state index in [4.69, 9.17) is 4.74 Å². The van der Waals surface area contributed by atoms with Gasteiger partial charge in [0.2, 0.25) is 5.13 Å². The van der Waals surface area contributed by atoms with Crippen molar-refractivity contribution in [2.24, 2.45) is 0 Å². The third kappa shape index (κ3) is 2.75. The van der Waals surface area contributed by atoms with Crippen molar-refractivity contribution in [1.29, 1.82) is 5.26 Å². The summed E-state index contributed by atoms with van der Waals surface area (Å²) in [5, 5.41) is 13.7. The largest absolute Gasteiger partial charge is 0.466 e. The standard InChI is InChI=1S/C18H18N8O2S/c1-28-15-22-16(29-24-15)23-17(27)26-7-4-18(26)3-6-25(10-18)13-11(8-19)9-21-14-12(13)2-5-20-14/h2,5,9H,3-4,6-7,10H2,1H3,(H,20,21)(H,22,23,24,27). The molecule has 2 N–H and O–H groups in total. The van der Waals surface area contributed by atoms with Crippen LogP contribution in [0.25, 0.3) is 11.0 Å². The van der Waals surface area contributed by atoms with Crippen molar-refractivity contribution in [3.8, 4) is 12.1 Å². The lowest BCUT2D eigenvalue weighted by molar-refractivity contribution is 0.0480. The van der Waals surface area contributed by atoms with Crippen molar-refractivity contribution in [2.45, 2.75) is 18.4 Å². The van der Waals surface area contributed by atoms with E-state index in [2.05, 4.69) is 35.6 Å². The summed E-state index contributed by atoms with van der Waals surface area (Å²) in [6.45, 7) is 2.14. The minimum absolute atomic E-state index is 0.182. The Balaban J connectivity index is 1.37. The number of urea groups is 1. The van der Waals surface area contributed by atoms with Gasteiger partial charge in [-0.2, -0.15) is 10.2 Å². The Bertz CT molecular complexity index is 1130. The lowest BCUT2D eigenvalue weighted by Crippen LogP contribution is -2.64. The number of hydrogen-bond donors (Lipinski definition) is 2. The van der Waals surface area contributed by atoms with Crippen molar-refractivity contribution >= 4 is 39.4 Å². The number of rotatable bonds is 3. The zero-order chi connectivity index (χ0) is 20.0. The number of amides is 2. The number of aromatic amines is 1. The van der Waals surface area contributed by atoms with Gasteiger partial charge in [-0.05, 0) is 18.9 Å². The minimum atomic E-state index is -0.239. The quantitative estimate of drug-likeness (QED) is 0.678. The molecule has 0 bridgehead atoms. The van der Waals surface area contributed by atoms with Crippen LogP contribution in [-0.2, 0) is 0 Å². The Hall–Kier alpha value is -3.39. The van der Waals surface area contributed by atoms with Crippen LogP contribution in [0.15, 0.2) is 18.5 Å². The fraction of sp³-hybridized carbons (Fsp3) is 0.389. The van der Waals surface area contributed by atoms with Crippen LogP contribution in [0, 0.1) is 11.3 Å². The highest BCUT2D eigenvalue weighted by molar-refractivity contribution is 7.10. The van der Waals surface area contributed by atoms with Crippen molar-refractivity contribution in [3.05, 3.63) is 24.0 Å². The van der Waals surface area contributed by atoms with Crippen LogP contribution in [0.4, 0.5) is 15.6 Å². The number of methoxy groups -OCH3 is 1. The van der Waals surface area contributed by atoms with Crippen LogP contribution >= 0.6 is 11.5 Å². The van der Waals surface area contributed by atoms with Crippen LogP contribution in [-0.4, -0.2) is 62.5 Å². The first kappa shape index (κ1) is 17.7. The zero-order valence-corrected chi connectivity index (χ0v) is 16.5.